The Kier molecular flexibility index (Phi) is 29.2. The van der Waals surface area contributed by atoms with Crippen LogP contribution in [0.2, 0.25) is 0 Å². The Balaban J connectivity index is 0. The Morgan fingerprint density at radius 3 is 1.17 bits per heavy atom. The van der Waals surface area contributed by atoms with Crippen LogP contribution in [0.5, 0.6) is 0 Å². The fourth-order valence-corrected chi connectivity index (χ4v) is 4.25. The minimum absolute atomic E-state index is 0. The third-order valence-electron chi connectivity index (χ3n) is 6.20. The van der Waals surface area contributed by atoms with Gasteiger partial charge < -0.3 is 9.90 Å². The maximum atomic E-state index is 11.5. The van der Waals surface area contributed by atoms with Gasteiger partial charge in [0.25, 0.3) is 0 Å². The first-order valence-corrected chi connectivity index (χ1v) is 13.1. The van der Waals surface area contributed by atoms with Gasteiger partial charge in [0.1, 0.15) is 0 Å². The molecule has 0 aliphatic rings. The Bertz CT molecular complexity index is 330. The summed E-state index contributed by atoms with van der Waals surface area (Å²) in [4.78, 5) is 13.7. The molecule has 30 heavy (non-hydrogen) atoms. The quantitative estimate of drug-likeness (QED) is 0.176. The van der Waals surface area contributed by atoms with E-state index < -0.39 is 12.0 Å². The summed E-state index contributed by atoms with van der Waals surface area (Å²) in [5, 5.41) is 11.5. The van der Waals surface area contributed by atoms with Crippen LogP contribution in [0.1, 0.15) is 143 Å². The molecule has 0 saturated carbocycles. The molecule has 174 valence electrons. The number of aliphatic carboxylic acids is 1. The van der Waals surface area contributed by atoms with E-state index >= 15 is 0 Å². The third-order valence-corrected chi connectivity index (χ3v) is 6.20. The molecule has 0 aliphatic heterocycles. The molecular weight excluding hydrogens is 397 g/mol. The topological polar surface area (TPSA) is 43.4 Å². The molecule has 0 aromatic carbocycles. The van der Waals surface area contributed by atoms with Gasteiger partial charge in [-0.2, -0.15) is 0 Å². The zero-order valence-electron chi connectivity index (χ0n) is 21.2. The van der Waals surface area contributed by atoms with E-state index in [-0.39, 0.29) is 51.4 Å². The second kappa shape index (κ2) is 26.3. The molecule has 0 N–H and O–H groups in total. The third kappa shape index (κ3) is 20.9. The smallest absolute Gasteiger partial charge is 0.548 e. The molecule has 0 aromatic heterocycles. The van der Waals surface area contributed by atoms with E-state index in [1.54, 1.807) is 0 Å². The number of carbonyl (C=O) groups is 1. The van der Waals surface area contributed by atoms with Gasteiger partial charge in [-0.05, 0) is 32.4 Å². The van der Waals surface area contributed by atoms with Crippen LogP contribution < -0.4 is 56.5 Å². The number of hydrogen-bond acceptors (Lipinski definition) is 3. The molecule has 0 fully saturated rings. The molecule has 0 bridgehead atoms. The summed E-state index contributed by atoms with van der Waals surface area (Å²) in [5.41, 5.74) is 0. The van der Waals surface area contributed by atoms with E-state index in [9.17, 15) is 9.90 Å². The van der Waals surface area contributed by atoms with Crippen LogP contribution in [0.15, 0.2) is 0 Å². The van der Waals surface area contributed by atoms with Crippen LogP contribution in [0.25, 0.3) is 0 Å². The molecule has 0 amide bonds. The van der Waals surface area contributed by atoms with Crippen molar-refractivity contribution in [3.8, 4) is 0 Å². The minimum Gasteiger partial charge on any atom is -0.548 e. The Morgan fingerprint density at radius 1 is 0.600 bits per heavy atom. The average molecular weight is 450 g/mol. The van der Waals surface area contributed by atoms with Crippen LogP contribution in [0.3, 0.4) is 0 Å². The fourth-order valence-electron chi connectivity index (χ4n) is 4.25. The molecule has 0 saturated heterocycles. The predicted octanol–water partition coefficient (Wildman–Crippen LogP) is 3.88. The van der Waals surface area contributed by atoms with Crippen molar-refractivity contribution in [3.63, 3.8) is 0 Å². The van der Waals surface area contributed by atoms with Crippen LogP contribution in [-0.2, 0) is 4.79 Å². The van der Waals surface area contributed by atoms with Crippen molar-refractivity contribution in [2.45, 2.75) is 149 Å². The van der Waals surface area contributed by atoms with Crippen molar-refractivity contribution in [2.75, 3.05) is 13.1 Å². The number of carboxylic acid groups (broad SMARTS) is 1. The van der Waals surface area contributed by atoms with Gasteiger partial charge in [0, 0.05) is 6.04 Å². The van der Waals surface area contributed by atoms with Gasteiger partial charge in [0.15, 0.2) is 0 Å². The summed E-state index contributed by atoms with van der Waals surface area (Å²) < 4.78 is 0. The van der Waals surface area contributed by atoms with E-state index in [0.717, 1.165) is 25.9 Å². The fraction of sp³-hybridized carbons (Fsp3) is 0.962. The van der Waals surface area contributed by atoms with Gasteiger partial charge in [-0.3, -0.25) is 4.90 Å². The van der Waals surface area contributed by atoms with Gasteiger partial charge in [-0.1, -0.05) is 124 Å². The molecule has 1 unspecified atom stereocenters. The second-order valence-corrected chi connectivity index (χ2v) is 8.94. The van der Waals surface area contributed by atoms with Crippen molar-refractivity contribution >= 4 is 5.97 Å². The summed E-state index contributed by atoms with van der Waals surface area (Å²) in [6.45, 7) is 8.33. The summed E-state index contributed by atoms with van der Waals surface area (Å²) in [6, 6.07) is -0.405. The van der Waals surface area contributed by atoms with Crippen LogP contribution >= 0.6 is 0 Å². The predicted molar refractivity (Wildman–Crippen MR) is 125 cm³/mol. The molecule has 0 radical (unpaired) electrons. The molecule has 0 heterocycles. The maximum Gasteiger partial charge on any atom is 1.00 e. The van der Waals surface area contributed by atoms with Gasteiger partial charge >= 0.3 is 51.4 Å². The summed E-state index contributed by atoms with van der Waals surface area (Å²) in [7, 11) is 0. The number of nitrogens with zero attached hydrogens (tertiary/aromatic N) is 1. The number of rotatable bonds is 23. The molecule has 0 spiro atoms. The van der Waals surface area contributed by atoms with Crippen molar-refractivity contribution in [1.29, 1.82) is 0 Å². The van der Waals surface area contributed by atoms with E-state index in [0.29, 0.717) is 6.42 Å². The van der Waals surface area contributed by atoms with Crippen molar-refractivity contribution in [3.05, 3.63) is 0 Å². The number of unbranched alkanes of at least 4 members (excludes halogenated alkanes) is 16. The first-order valence-electron chi connectivity index (χ1n) is 13.1. The SMILES string of the molecule is CCCCCCCCCCCN(CCCCCCCCCCC)C(CC)C(=O)[O-].[K+]. The van der Waals surface area contributed by atoms with Crippen LogP contribution in [0, 0.1) is 0 Å². The van der Waals surface area contributed by atoms with Crippen LogP contribution in [0.4, 0.5) is 0 Å². The number of hydrogen-bond donors (Lipinski definition) is 0. The normalized spacial score (nSPS) is 12.1. The molecule has 3 nitrogen and oxygen atoms in total. The summed E-state index contributed by atoms with van der Waals surface area (Å²) in [5.74, 6) is -0.889. The maximum absolute atomic E-state index is 11.5. The van der Waals surface area contributed by atoms with E-state index in [1.807, 2.05) is 6.92 Å². The zero-order chi connectivity index (χ0) is 21.6. The van der Waals surface area contributed by atoms with Crippen molar-refractivity contribution in [2.24, 2.45) is 0 Å². The van der Waals surface area contributed by atoms with E-state index in [2.05, 4.69) is 18.7 Å². The van der Waals surface area contributed by atoms with E-state index in [4.69, 9.17) is 0 Å². The molecule has 4 heteroatoms. The Hall–Kier alpha value is 1.07. The Labute approximate surface area is 232 Å². The number of carboxylic acids is 1. The zero-order valence-corrected chi connectivity index (χ0v) is 24.3. The first kappa shape index (κ1) is 33.2. The van der Waals surface area contributed by atoms with Gasteiger partial charge in [-0.15, -0.1) is 0 Å². The van der Waals surface area contributed by atoms with Crippen LogP contribution in [-0.4, -0.2) is 30.0 Å². The van der Waals surface area contributed by atoms with E-state index in [1.165, 1.54) is 103 Å². The summed E-state index contributed by atoms with van der Waals surface area (Å²) in [6.07, 6.45) is 24.2. The number of carbonyl (C=O) groups excluding carboxylic acids is 1. The molecule has 0 aromatic rings. The van der Waals surface area contributed by atoms with Gasteiger partial charge in [-0.25, -0.2) is 0 Å². The monoisotopic (exact) mass is 449 g/mol. The standard InChI is InChI=1S/C26H53NO2.K/c1-4-7-9-11-13-15-17-19-21-23-27(25(6-3)26(28)29)24-22-20-18-16-14-12-10-8-5-2;/h25H,4-24H2,1-3H3,(H,28,29);/q;+1/p-1. The Morgan fingerprint density at radius 2 is 0.900 bits per heavy atom. The van der Waals surface area contributed by atoms with Crippen molar-refractivity contribution < 1.29 is 61.3 Å². The van der Waals surface area contributed by atoms with Gasteiger partial charge in [0.05, 0.1) is 5.97 Å². The second-order valence-electron chi connectivity index (χ2n) is 8.94. The minimum atomic E-state index is -0.889. The molecule has 0 rings (SSSR count). The first-order chi connectivity index (χ1) is 14.2. The van der Waals surface area contributed by atoms with Gasteiger partial charge in [0.2, 0.25) is 0 Å². The average Bonchev–Trinajstić information content (AvgIpc) is 2.71. The molecule has 1 atom stereocenters. The summed E-state index contributed by atoms with van der Waals surface area (Å²) >= 11 is 0. The van der Waals surface area contributed by atoms with Crippen molar-refractivity contribution in [1.82, 2.24) is 4.90 Å². The molecule has 0 aliphatic carbocycles. The molecular formula is C26H52KNO2. The largest absolute Gasteiger partial charge is 1.00 e.